The topological polar surface area (TPSA) is 477 Å². The number of aliphatic hydroxyl groups excluding tert-OH is 2. The van der Waals surface area contributed by atoms with E-state index in [4.69, 9.17) is 90.0 Å². The minimum absolute atomic E-state index is 0.0165. The second-order valence-electron chi connectivity index (χ2n) is 20.9. The molecule has 20 atom stereocenters. The highest BCUT2D eigenvalue weighted by Crippen LogP contribution is 2.60. The molecule has 7 aromatic heterocycles. The molecule has 14 rings (SSSR count). The third-order valence-electron chi connectivity index (χ3n) is 15.2. The minimum Gasteiger partial charge on any atom is -0.387 e. The average molecular weight is 1420 g/mol. The molecule has 4 unspecified atom stereocenters. The zero-order chi connectivity index (χ0) is 64.5. The van der Waals surface area contributed by atoms with E-state index in [0.29, 0.717) is 0 Å². The molecule has 0 spiro atoms. The molecule has 7 aromatic rings. The largest absolute Gasteiger partial charge is 0.472 e. The van der Waals surface area contributed by atoms with Crippen LogP contribution in [0.25, 0.3) is 33.4 Å². The van der Waals surface area contributed by atoms with Crippen LogP contribution < -0.4 is 17.0 Å². The number of nitrogen functional groups attached to an aromatic ring is 2. The van der Waals surface area contributed by atoms with E-state index < -0.39 is 171 Å². The first kappa shape index (κ1) is 64.5. The number of hydrogen-bond donors (Lipinski definition) is 8. The van der Waals surface area contributed by atoms with Crippen LogP contribution in [0.3, 0.4) is 0 Å². The Hall–Kier alpha value is -5.17. The number of ketones is 1. The Kier molecular flexibility index (Phi) is 17.2. The number of Topliss-reactive ketones (excluding diaryl/α,β-unsaturated/α-hetero) is 1. The molecule has 4 bridgehead atoms. The third-order valence-corrected chi connectivity index (χ3v) is 20.7. The van der Waals surface area contributed by atoms with Crippen molar-refractivity contribution in [2.24, 2.45) is 12.0 Å². The summed E-state index contributed by atoms with van der Waals surface area (Å²) in [4.78, 5) is 89.5. The van der Waals surface area contributed by atoms with Gasteiger partial charge in [-0.3, -0.25) is 50.4 Å². The number of anilines is 2. The van der Waals surface area contributed by atoms with Gasteiger partial charge in [-0.2, -0.15) is 0 Å². The summed E-state index contributed by atoms with van der Waals surface area (Å²) in [5.41, 5.74) is 11.3. The number of phosphoric acid groups is 2. The van der Waals surface area contributed by atoms with Gasteiger partial charge < -0.3 is 73.5 Å². The highest BCUT2D eigenvalue weighted by molar-refractivity contribution is 8.44. The van der Waals surface area contributed by atoms with Crippen molar-refractivity contribution in [2.45, 2.75) is 105 Å². The summed E-state index contributed by atoms with van der Waals surface area (Å²) in [6, 6.07) is 0. The summed E-state index contributed by atoms with van der Waals surface area (Å²) >= 11 is 15.6. The number of alkyl halides is 2. The Labute approximate surface area is 520 Å². The van der Waals surface area contributed by atoms with Gasteiger partial charge in [-0.1, -0.05) is 23.8 Å². The van der Waals surface area contributed by atoms with E-state index in [9.17, 15) is 52.6 Å². The van der Waals surface area contributed by atoms with Crippen molar-refractivity contribution < 1.29 is 112 Å². The summed E-state index contributed by atoms with van der Waals surface area (Å²) in [5.74, 6) is -1.15. The first-order valence-corrected chi connectivity index (χ1v) is 35.2. The summed E-state index contributed by atoms with van der Waals surface area (Å²) in [5, 5.41) is 21.8. The number of hydrogen-bond acceptors (Lipinski definition) is 30. The molecule has 0 aromatic carbocycles. The summed E-state index contributed by atoms with van der Waals surface area (Å²) in [6.07, 6.45) is -16.9. The number of halogens is 4. The molecule has 0 aliphatic carbocycles. The molecule has 7 aliphatic rings. The number of phosphoric ester groups is 2. The van der Waals surface area contributed by atoms with Crippen molar-refractivity contribution in [3.8, 4) is 0 Å². The Bertz CT molecular complexity index is 4350. The number of aromatic nitrogens is 12. The van der Waals surface area contributed by atoms with Gasteiger partial charge in [-0.15, -0.1) is 0 Å². The average Bonchev–Trinajstić information content (AvgIpc) is 1.72. The van der Waals surface area contributed by atoms with Gasteiger partial charge in [0.1, 0.15) is 95.9 Å². The second-order valence-corrected chi connectivity index (χ2v) is 29.8. The maximum atomic E-state index is 16.0. The van der Waals surface area contributed by atoms with E-state index in [1.54, 1.807) is 0 Å². The van der Waals surface area contributed by atoms with E-state index in [1.807, 2.05) is 0 Å². The first-order chi connectivity index (χ1) is 43.1. The number of rotatable bonds is 4. The fraction of sp³-hybridized carbons (Fsp3) is 0.500. The second kappa shape index (κ2) is 24.2. The lowest BCUT2D eigenvalue weighted by molar-refractivity contribution is -0.0670. The molecule has 0 saturated carbocycles. The molecule has 47 heteroatoms. The number of aryl methyl sites for hydroxylation is 1. The molecule has 6 saturated heterocycles. The van der Waals surface area contributed by atoms with Gasteiger partial charge >= 0.3 is 29.2 Å². The summed E-state index contributed by atoms with van der Waals surface area (Å²) in [7, 11) is -9.05. The fourth-order valence-corrected chi connectivity index (χ4v) is 16.1. The highest BCUT2D eigenvalue weighted by Gasteiger charge is 2.57. The molecular formula is C44H47ClF3N15O22P4S2. The zero-order valence-electron chi connectivity index (χ0n) is 45.7. The highest BCUT2D eigenvalue weighted by atomic mass is 35.5. The number of nitrogens with two attached hydrogens (primary N) is 2. The lowest BCUT2D eigenvalue weighted by Gasteiger charge is -2.28. The quantitative estimate of drug-likeness (QED) is 0.0925. The van der Waals surface area contributed by atoms with E-state index in [-0.39, 0.29) is 68.2 Å². The van der Waals surface area contributed by atoms with Gasteiger partial charge in [0.05, 0.1) is 56.0 Å². The third kappa shape index (κ3) is 12.0. The van der Waals surface area contributed by atoms with E-state index in [2.05, 4.69) is 52.1 Å². The van der Waals surface area contributed by atoms with Crippen LogP contribution in [-0.4, -0.2) is 194 Å². The van der Waals surface area contributed by atoms with Crippen LogP contribution in [0.1, 0.15) is 41.7 Å². The maximum Gasteiger partial charge on any atom is 0.472 e. The predicted molar refractivity (Wildman–Crippen MR) is 304 cm³/mol. The van der Waals surface area contributed by atoms with Crippen molar-refractivity contribution in [1.82, 2.24) is 57.7 Å². The van der Waals surface area contributed by atoms with E-state index in [0.717, 1.165) is 38.9 Å². The van der Waals surface area contributed by atoms with Crippen molar-refractivity contribution in [3.05, 3.63) is 70.8 Å². The summed E-state index contributed by atoms with van der Waals surface area (Å²) < 4.78 is 158. The van der Waals surface area contributed by atoms with Crippen LogP contribution in [0.5, 0.6) is 0 Å². The zero-order valence-corrected chi connectivity index (χ0v) is 51.7. The van der Waals surface area contributed by atoms with Crippen LogP contribution >= 0.6 is 53.0 Å². The Morgan fingerprint density at radius 3 is 1.74 bits per heavy atom. The number of aliphatic imine (C=N–C) groups is 1. The Morgan fingerprint density at radius 2 is 1.14 bits per heavy atom. The molecule has 9 N–H and O–H groups in total. The van der Waals surface area contributed by atoms with E-state index >= 15 is 8.78 Å². The first-order valence-electron chi connectivity index (χ1n) is 26.5. The molecule has 0 amide bonds. The smallest absolute Gasteiger partial charge is 0.387 e. The van der Waals surface area contributed by atoms with Crippen LogP contribution in [-0.2, 0) is 87.7 Å². The van der Waals surface area contributed by atoms with Crippen LogP contribution in [0.2, 0.25) is 5.02 Å². The number of nitrogens with zero attached hydrogens (tertiary/aromatic N) is 13. The number of ether oxygens (including phenoxy) is 4. The van der Waals surface area contributed by atoms with Gasteiger partial charge in [-0.25, -0.2) is 66.7 Å². The minimum atomic E-state index is -5.21. The Balaban J connectivity index is 0.000000167. The standard InChI is InChI=1S/C22H23ClFN7O10P2S2.C22H24F2N8O12P2/c23-8-3-30(19-12(8)9(32)1-2-26-19)22-17-15(33)10(38-22)4-36-42(34,44)40-16-11(5-37-43(35,45)41-17)39-21(13(16)24)31-7-29-14-18(25)27-6-28-20(14)31;1-30-6-29-18-11(20(30)34)8(23)2-31(18)22-16-14(33)9(41-22)3-39-45(35,36)43-15-10(4-40-46(37,38)44-16)42-21(12(15)24)32-7-28-13-17(25)26-5-27-19(13)32/h2-3,6-7,10-11,13,15-17,21-22,33H,1,4-5H2,(H,34,44)(H,35,45)(H2,25,27,28);2,5-7,9-10,12,14-16,21-22,33H,3-4H2,1H3,(H,35,36)(H,37,38)(H2,25,26,27)/t10-,11-,13-,15-,16-,17-,21-,22-,42?,43?;9-,10-,12-,14-,15-,16-,21-,22-/m11/s1. The van der Waals surface area contributed by atoms with Crippen molar-refractivity contribution >= 4 is 128 Å². The molecule has 14 heterocycles. The van der Waals surface area contributed by atoms with Crippen LogP contribution in [0.15, 0.2) is 53.8 Å². The number of imidazole rings is 2. The lowest BCUT2D eigenvalue weighted by Crippen LogP contribution is -2.35. The Morgan fingerprint density at radius 1 is 0.637 bits per heavy atom. The van der Waals surface area contributed by atoms with Gasteiger partial charge in [0.15, 0.2) is 77.4 Å². The molecule has 91 heavy (non-hydrogen) atoms. The normalized spacial score (nSPS) is 38.0. The van der Waals surface area contributed by atoms with Crippen LogP contribution in [0.4, 0.5) is 30.6 Å². The van der Waals surface area contributed by atoms with Gasteiger partial charge in [0.2, 0.25) is 0 Å². The number of thiol groups is 1. The van der Waals surface area contributed by atoms with Gasteiger partial charge in [0.25, 0.3) is 5.56 Å². The van der Waals surface area contributed by atoms with Crippen molar-refractivity contribution in [3.63, 3.8) is 0 Å². The van der Waals surface area contributed by atoms with Crippen molar-refractivity contribution in [1.29, 1.82) is 0 Å². The SMILES string of the molecule is Cn1cnc2c(c(F)cn2[C@@H]2O[C@@H]3COP(=O)(O)O[C@H]4[C@@H](F)[C@H](n5cnc6c(N)ncnc65)O[C@@H]4COP(=O)(O)O[C@@H]2[C@@H]3O)c1=O.Nc1ncnc2c1ncn2[C@@H]1O[C@@H]2COP(O)(=S)O[C@@H]3[C@H](O)[C@@H](COP(=O)(S)O[C@H]2[C@H]1F)O[C@H]3n1cc(Cl)c2c1N=CCC2=O. The molecule has 0 radical (unpaired) electrons. The van der Waals surface area contributed by atoms with E-state index in [1.165, 1.54) is 41.2 Å². The lowest BCUT2D eigenvalue weighted by atomic mass is 10.1. The van der Waals surface area contributed by atoms with Gasteiger partial charge in [0, 0.05) is 32.1 Å². The number of aliphatic hydroxyl groups is 2. The monoisotopic (exact) mass is 1420 g/mol. The van der Waals surface area contributed by atoms with Crippen LogP contribution in [0, 0.1) is 5.82 Å². The fourth-order valence-electron chi connectivity index (χ4n) is 11.0. The number of fused-ring (bicyclic) bond motifs is 10. The summed E-state index contributed by atoms with van der Waals surface area (Å²) in [6.45, 7) is -11.7. The maximum absolute atomic E-state index is 16.0. The molecule has 6 fully saturated rings. The predicted octanol–water partition coefficient (Wildman–Crippen LogP) is 2.23. The number of carbonyl (C=O) groups excluding carboxylic acids is 1. The molecule has 37 nitrogen and oxygen atoms in total. The molecular weight excluding hydrogens is 1370 g/mol. The molecule has 490 valence electrons. The molecule has 7 aliphatic heterocycles. The van der Waals surface area contributed by atoms with Crippen molar-refractivity contribution in [2.75, 3.05) is 37.9 Å². The van der Waals surface area contributed by atoms with Gasteiger partial charge in [-0.05, 0) is 11.8 Å². The number of carbonyl (C=O) groups is 1.